The van der Waals surface area contributed by atoms with Crippen LogP contribution >= 0.6 is 7.49 Å². The Balaban J connectivity index is 1.69. The van der Waals surface area contributed by atoms with E-state index < -0.39 is 19.4 Å². The highest BCUT2D eigenvalue weighted by Crippen LogP contribution is 2.62. The highest BCUT2D eigenvalue weighted by molar-refractivity contribution is 7.92. The number of carbonyl (C=O) groups excluding carboxylic acids is 2. The Hall–Kier alpha value is -4.93. The summed E-state index contributed by atoms with van der Waals surface area (Å²) in [6, 6.07) is 38.9. The molecule has 5 rings (SSSR count). The molecular weight excluding hydrogens is 571 g/mol. The molecule has 5 aromatic carbocycles. The molecular formula is C37H34O6P+. The molecule has 0 aliphatic heterocycles. The van der Waals surface area contributed by atoms with Crippen molar-refractivity contribution in [3.8, 4) is 17.2 Å². The number of hydrogen-bond donors (Lipinski definition) is 0. The summed E-state index contributed by atoms with van der Waals surface area (Å²) >= 11 is 0. The number of methoxy groups -OCH3 is 3. The lowest BCUT2D eigenvalue weighted by molar-refractivity contribution is -0.135. The fourth-order valence-corrected chi connectivity index (χ4v) is 9.08. The van der Waals surface area contributed by atoms with Crippen molar-refractivity contribution in [3.63, 3.8) is 0 Å². The van der Waals surface area contributed by atoms with Gasteiger partial charge < -0.3 is 14.2 Å². The highest BCUT2D eigenvalue weighted by Gasteiger charge is 2.57. The largest absolute Gasteiger partial charge is 0.492 e. The Morgan fingerprint density at radius 1 is 0.545 bits per heavy atom. The minimum Gasteiger partial charge on any atom is -0.492 e. The average molecular weight is 606 g/mol. The van der Waals surface area contributed by atoms with Gasteiger partial charge in [-0.05, 0) is 55.0 Å². The van der Waals surface area contributed by atoms with Gasteiger partial charge in [0.05, 0.1) is 27.2 Å². The second kappa shape index (κ2) is 13.6. The molecule has 5 aromatic rings. The molecule has 6 nitrogen and oxygen atoms in total. The maximum atomic E-state index is 14.4. The highest BCUT2D eigenvalue weighted by atomic mass is 31.2. The lowest BCUT2D eigenvalue weighted by Gasteiger charge is -2.29. The SMILES string of the molecule is COc1ccccc1[P+](OC(=O)C(C)c1cccc(C(=O)c2ccccc2)c1)(c1ccccc1OC)c1ccccc1OC. The van der Waals surface area contributed by atoms with Gasteiger partial charge in [-0.1, -0.05) is 84.9 Å². The monoisotopic (exact) mass is 605 g/mol. The maximum absolute atomic E-state index is 14.4. The number of para-hydroxylation sites is 3. The fraction of sp³-hybridized carbons (Fsp3) is 0.135. The van der Waals surface area contributed by atoms with E-state index in [4.69, 9.17) is 18.7 Å². The van der Waals surface area contributed by atoms with Gasteiger partial charge >= 0.3 is 13.5 Å². The van der Waals surface area contributed by atoms with Crippen molar-refractivity contribution in [1.82, 2.24) is 0 Å². The lowest BCUT2D eigenvalue weighted by atomic mass is 9.96. The van der Waals surface area contributed by atoms with Crippen molar-refractivity contribution in [1.29, 1.82) is 0 Å². The molecule has 0 saturated heterocycles. The van der Waals surface area contributed by atoms with Crippen LogP contribution in [0.4, 0.5) is 0 Å². The first kappa shape index (κ1) is 30.5. The van der Waals surface area contributed by atoms with Crippen LogP contribution in [-0.4, -0.2) is 33.1 Å². The van der Waals surface area contributed by atoms with Crippen molar-refractivity contribution in [2.24, 2.45) is 0 Å². The zero-order chi connectivity index (χ0) is 31.1. The summed E-state index contributed by atoms with van der Waals surface area (Å²) in [5, 5.41) is 2.10. The molecule has 1 atom stereocenters. The van der Waals surface area contributed by atoms with Crippen molar-refractivity contribution in [2.75, 3.05) is 21.3 Å². The van der Waals surface area contributed by atoms with Crippen LogP contribution in [-0.2, 0) is 9.32 Å². The zero-order valence-corrected chi connectivity index (χ0v) is 26.0. The normalized spacial score (nSPS) is 11.7. The molecule has 7 heteroatoms. The van der Waals surface area contributed by atoms with Crippen molar-refractivity contribution < 1.29 is 28.3 Å². The van der Waals surface area contributed by atoms with Crippen LogP contribution in [0.25, 0.3) is 0 Å². The first-order valence-corrected chi connectivity index (χ1v) is 15.9. The van der Waals surface area contributed by atoms with Gasteiger partial charge in [-0.2, -0.15) is 0 Å². The van der Waals surface area contributed by atoms with Crippen molar-refractivity contribution >= 4 is 35.2 Å². The topological polar surface area (TPSA) is 71.1 Å². The molecule has 0 amide bonds. The number of hydrogen-bond acceptors (Lipinski definition) is 6. The number of carbonyl (C=O) groups is 2. The van der Waals surface area contributed by atoms with Gasteiger partial charge in [-0.15, -0.1) is 0 Å². The second-order valence-corrected chi connectivity index (χ2v) is 12.9. The predicted octanol–water partition coefficient (Wildman–Crippen LogP) is 6.50. The Kier molecular flexibility index (Phi) is 9.42. The summed E-state index contributed by atoms with van der Waals surface area (Å²) in [4.78, 5) is 27.7. The third-order valence-corrected chi connectivity index (χ3v) is 11.1. The van der Waals surface area contributed by atoms with E-state index in [1.165, 1.54) is 0 Å². The minimum absolute atomic E-state index is 0.119. The third-order valence-electron chi connectivity index (χ3n) is 7.54. The van der Waals surface area contributed by atoms with Gasteiger partial charge in [0.2, 0.25) is 0 Å². The van der Waals surface area contributed by atoms with Gasteiger partial charge in [0.1, 0.15) is 0 Å². The van der Waals surface area contributed by atoms with E-state index in [2.05, 4.69) is 0 Å². The van der Waals surface area contributed by atoms with E-state index in [1.54, 1.807) is 58.6 Å². The van der Waals surface area contributed by atoms with Crippen molar-refractivity contribution in [2.45, 2.75) is 12.8 Å². The predicted molar refractivity (Wildman–Crippen MR) is 176 cm³/mol. The Labute approximate surface area is 258 Å². The van der Waals surface area contributed by atoms with E-state index in [-0.39, 0.29) is 5.78 Å². The van der Waals surface area contributed by atoms with Crippen molar-refractivity contribution in [3.05, 3.63) is 144 Å². The summed E-state index contributed by atoms with van der Waals surface area (Å²) in [7, 11) is 1.47. The molecule has 222 valence electrons. The third kappa shape index (κ3) is 5.82. The molecule has 0 saturated carbocycles. The van der Waals surface area contributed by atoms with E-state index >= 15 is 0 Å². The van der Waals surface area contributed by atoms with Crippen LogP contribution in [0.3, 0.4) is 0 Å². The van der Waals surface area contributed by atoms with E-state index in [9.17, 15) is 9.59 Å². The average Bonchev–Trinajstić information content (AvgIpc) is 3.10. The molecule has 0 radical (unpaired) electrons. The van der Waals surface area contributed by atoms with Crippen LogP contribution in [0.2, 0.25) is 0 Å². The number of rotatable bonds is 11. The van der Waals surface area contributed by atoms with E-state index in [0.717, 1.165) is 0 Å². The molecule has 0 aliphatic rings. The summed E-state index contributed by atoms with van der Waals surface area (Å²) in [6.45, 7) is 1.79. The lowest BCUT2D eigenvalue weighted by Crippen LogP contribution is -2.37. The second-order valence-electron chi connectivity index (χ2n) is 10.1. The van der Waals surface area contributed by atoms with Gasteiger partial charge in [0.15, 0.2) is 38.9 Å². The zero-order valence-electron chi connectivity index (χ0n) is 25.1. The van der Waals surface area contributed by atoms with E-state index in [0.29, 0.717) is 49.9 Å². The molecule has 0 fully saturated rings. The molecule has 0 bridgehead atoms. The standard InChI is InChI=1S/C37H34O6P/c1-26(28-17-14-18-29(25-28)36(38)27-15-6-5-7-16-27)37(39)43-44(33-22-11-8-19-30(33)40-2,34-23-12-9-20-31(34)41-3)35-24-13-10-21-32(35)42-4/h5-26H,1-4H3/q+1. The first-order valence-electron chi connectivity index (χ1n) is 14.2. The molecule has 0 aliphatic carbocycles. The Morgan fingerprint density at radius 3 is 1.45 bits per heavy atom. The summed E-state index contributed by atoms with van der Waals surface area (Å²) in [5.41, 5.74) is 1.73. The van der Waals surface area contributed by atoms with Crippen LogP contribution in [0.15, 0.2) is 127 Å². The van der Waals surface area contributed by atoms with Gasteiger partial charge in [-0.25, -0.2) is 4.79 Å². The van der Waals surface area contributed by atoms with Gasteiger partial charge in [0, 0.05) is 11.1 Å². The number of benzene rings is 5. The van der Waals surface area contributed by atoms with Crippen LogP contribution in [0.5, 0.6) is 17.2 Å². The molecule has 0 N–H and O–H groups in total. The van der Waals surface area contributed by atoms with Crippen LogP contribution < -0.4 is 30.1 Å². The number of ether oxygens (including phenoxy) is 3. The molecule has 1 unspecified atom stereocenters. The quantitative estimate of drug-likeness (QED) is 0.127. The summed E-state index contributed by atoms with van der Waals surface area (Å²) in [5.74, 6) is 0.393. The van der Waals surface area contributed by atoms with Gasteiger partial charge in [0.25, 0.3) is 0 Å². The summed E-state index contributed by atoms with van der Waals surface area (Å²) < 4.78 is 24.5. The smallest absolute Gasteiger partial charge is 0.358 e. The fourth-order valence-electron chi connectivity index (χ4n) is 5.26. The number of ketones is 1. The van der Waals surface area contributed by atoms with Gasteiger partial charge in [-0.3, -0.25) is 9.32 Å². The Morgan fingerprint density at radius 2 is 0.977 bits per heavy atom. The maximum Gasteiger partial charge on any atom is 0.358 e. The van der Waals surface area contributed by atoms with Crippen LogP contribution in [0.1, 0.15) is 34.3 Å². The molecule has 0 aromatic heterocycles. The van der Waals surface area contributed by atoms with E-state index in [1.807, 2.05) is 97.1 Å². The first-order chi connectivity index (χ1) is 21.4. The summed E-state index contributed by atoms with van der Waals surface area (Å²) in [6.07, 6.45) is 0. The van der Waals surface area contributed by atoms with Crippen LogP contribution in [0, 0.1) is 0 Å². The molecule has 44 heavy (non-hydrogen) atoms. The Bertz CT molecular complexity index is 1650. The molecule has 0 heterocycles. The minimum atomic E-state index is -3.32. The molecule has 0 spiro atoms.